The van der Waals surface area contributed by atoms with Gasteiger partial charge in [0.15, 0.2) is 0 Å². The fraction of sp³-hybridized carbons (Fsp3) is 0.533. The predicted octanol–water partition coefficient (Wildman–Crippen LogP) is 1.45. The Hall–Kier alpha value is -0.530. The molecule has 1 saturated heterocycles. The highest BCUT2D eigenvalue weighted by atomic mass is 127. The average Bonchev–Trinajstić information content (AvgIpc) is 2.50. The molecule has 0 spiro atoms. The number of hydrogen-bond acceptors (Lipinski definition) is 6. The summed E-state index contributed by atoms with van der Waals surface area (Å²) in [6.45, 7) is 4.79. The van der Waals surface area contributed by atoms with Crippen molar-refractivity contribution in [3.63, 3.8) is 0 Å². The van der Waals surface area contributed by atoms with Gasteiger partial charge in [0.1, 0.15) is 13.1 Å². The zero-order valence-electron chi connectivity index (χ0n) is 13.9. The Kier molecular flexibility index (Phi) is 10.9. The van der Waals surface area contributed by atoms with Gasteiger partial charge in [0.05, 0.1) is 45.2 Å². The smallest absolute Gasteiger partial charge is 0.102 e. The van der Waals surface area contributed by atoms with Crippen LogP contribution < -0.4 is 5.11 Å². The molecule has 0 radical (unpaired) electrons. The van der Waals surface area contributed by atoms with E-state index in [0.717, 1.165) is 37.3 Å². The molecular formula is C15H24I2N4O3. The normalized spacial score (nSPS) is 21.6. The van der Waals surface area contributed by atoms with Crippen molar-refractivity contribution < 1.29 is 14.3 Å². The molecular weight excluding hydrogens is 538 g/mol. The maximum absolute atomic E-state index is 12.1. The Bertz CT molecular complexity index is 541. The maximum atomic E-state index is 12.1. The van der Waals surface area contributed by atoms with Gasteiger partial charge in [-0.3, -0.25) is 4.99 Å². The van der Waals surface area contributed by atoms with Gasteiger partial charge >= 0.3 is 0 Å². The summed E-state index contributed by atoms with van der Waals surface area (Å²) in [7, 11) is 3.92. The molecule has 0 bridgehead atoms. The summed E-state index contributed by atoms with van der Waals surface area (Å²) in [6.07, 6.45) is 6.20. The van der Waals surface area contributed by atoms with Crippen LogP contribution in [0.1, 0.15) is 0 Å². The van der Waals surface area contributed by atoms with E-state index in [-0.39, 0.29) is 53.9 Å². The standard InChI is InChI=1S/C15H22N4O3.2HI/c1-18-12-13(3-4-14(18)11-17-21)15(20)16-5-6-19(2)7-9-22-10-8-19;;/h3-4,11-12H,5-10H2,1-2H3;2*1H. The highest BCUT2D eigenvalue weighted by Crippen LogP contribution is 2.15. The lowest BCUT2D eigenvalue weighted by Crippen LogP contribution is -2.53. The number of aliphatic imine (C=N–C) groups is 1. The highest BCUT2D eigenvalue weighted by Gasteiger charge is 2.24. The van der Waals surface area contributed by atoms with Crippen molar-refractivity contribution in [1.82, 2.24) is 4.90 Å². The van der Waals surface area contributed by atoms with Crippen LogP contribution in [0.15, 0.2) is 46.0 Å². The molecule has 0 N–H and O–H groups in total. The molecule has 0 aliphatic carbocycles. The lowest BCUT2D eigenvalue weighted by molar-refractivity contribution is -0.915. The number of nitroso groups, excluding NO2 is 1. The molecule has 0 aromatic rings. The number of quaternary nitrogens is 1. The molecule has 1 fully saturated rings. The minimum absolute atomic E-state index is 0. The lowest BCUT2D eigenvalue weighted by Gasteiger charge is -2.37. The van der Waals surface area contributed by atoms with Crippen LogP contribution in [-0.4, -0.2) is 68.8 Å². The fourth-order valence-corrected chi connectivity index (χ4v) is 2.43. The first kappa shape index (κ1) is 23.5. The van der Waals surface area contributed by atoms with Crippen molar-refractivity contribution in [2.75, 3.05) is 53.5 Å². The second-order valence-electron chi connectivity index (χ2n) is 5.78. The van der Waals surface area contributed by atoms with E-state index < -0.39 is 0 Å². The van der Waals surface area contributed by atoms with E-state index in [4.69, 9.17) is 4.74 Å². The molecule has 0 aromatic carbocycles. The number of halogens is 2. The first-order valence-corrected chi connectivity index (χ1v) is 7.33. The van der Waals surface area contributed by atoms with E-state index >= 15 is 0 Å². The molecule has 2 aliphatic rings. The molecule has 136 valence electrons. The fourth-order valence-electron chi connectivity index (χ4n) is 2.43. The van der Waals surface area contributed by atoms with Crippen LogP contribution >= 0.6 is 48.0 Å². The molecule has 0 amide bonds. The van der Waals surface area contributed by atoms with E-state index in [2.05, 4.69) is 17.2 Å². The van der Waals surface area contributed by atoms with Crippen LogP contribution in [0, 0.1) is 4.91 Å². The molecule has 0 atom stereocenters. The van der Waals surface area contributed by atoms with Gasteiger partial charge in [0.2, 0.25) is 0 Å². The second kappa shape index (κ2) is 11.2. The summed E-state index contributed by atoms with van der Waals surface area (Å²) in [5.74, 6) is -0.235. The third-order valence-corrected chi connectivity index (χ3v) is 4.05. The van der Waals surface area contributed by atoms with E-state index in [1.165, 1.54) is 6.20 Å². The van der Waals surface area contributed by atoms with Crippen LogP contribution in [0.3, 0.4) is 0 Å². The number of rotatable bonds is 5. The Morgan fingerprint density at radius 2 is 2.04 bits per heavy atom. The summed E-state index contributed by atoms with van der Waals surface area (Å²) >= 11 is 0. The van der Waals surface area contributed by atoms with Gasteiger partial charge in [0, 0.05) is 18.8 Å². The van der Waals surface area contributed by atoms with Crippen molar-refractivity contribution in [3.05, 3.63) is 40.7 Å². The zero-order valence-corrected chi connectivity index (χ0v) is 18.5. The van der Waals surface area contributed by atoms with E-state index in [1.807, 2.05) is 0 Å². The Morgan fingerprint density at radius 1 is 1.38 bits per heavy atom. The molecule has 0 saturated carbocycles. The summed E-state index contributed by atoms with van der Waals surface area (Å²) in [6, 6.07) is 0. The summed E-state index contributed by atoms with van der Waals surface area (Å²) in [5.41, 5.74) is 1.15. The van der Waals surface area contributed by atoms with Crippen molar-refractivity contribution in [1.29, 1.82) is 0 Å². The van der Waals surface area contributed by atoms with Crippen molar-refractivity contribution >= 4 is 53.9 Å². The van der Waals surface area contributed by atoms with Gasteiger partial charge in [-0.05, 0) is 17.2 Å². The minimum atomic E-state index is -0.235. The van der Waals surface area contributed by atoms with Gasteiger partial charge < -0.3 is 19.2 Å². The Morgan fingerprint density at radius 3 is 2.62 bits per heavy atom. The summed E-state index contributed by atoms with van der Waals surface area (Å²) in [5, 5.41) is 14.8. The number of likely N-dealkylation sites (N-methyl/N-ethyl adjacent to an activating group) is 2. The molecule has 0 unspecified atom stereocenters. The third kappa shape index (κ3) is 6.76. The SMILES string of the molecule is CN1C=C(C([O-])=NCC[N+]2(C)CCOCC2)C=CC1=CN=O.I.I. The van der Waals surface area contributed by atoms with Crippen LogP contribution in [-0.2, 0) is 4.74 Å². The van der Waals surface area contributed by atoms with Gasteiger partial charge in [-0.25, -0.2) is 0 Å². The molecule has 0 aromatic heterocycles. The molecule has 24 heavy (non-hydrogen) atoms. The monoisotopic (exact) mass is 562 g/mol. The lowest BCUT2D eigenvalue weighted by atomic mass is 10.2. The predicted molar refractivity (Wildman–Crippen MR) is 114 cm³/mol. The van der Waals surface area contributed by atoms with Crippen LogP contribution in [0.4, 0.5) is 0 Å². The van der Waals surface area contributed by atoms with E-state index in [1.54, 1.807) is 30.3 Å². The molecule has 9 heteroatoms. The molecule has 2 heterocycles. The number of nitrogens with zero attached hydrogens (tertiary/aromatic N) is 4. The number of allylic oxidation sites excluding steroid dienone is 1. The third-order valence-electron chi connectivity index (χ3n) is 4.05. The minimum Gasteiger partial charge on any atom is -0.858 e. The Balaban J connectivity index is 0.00000264. The zero-order chi connectivity index (χ0) is 16.0. The number of morpholine rings is 1. The van der Waals surface area contributed by atoms with E-state index in [0.29, 0.717) is 17.8 Å². The second-order valence-corrected chi connectivity index (χ2v) is 5.78. The van der Waals surface area contributed by atoms with Gasteiger partial charge in [-0.15, -0.1) is 52.9 Å². The summed E-state index contributed by atoms with van der Waals surface area (Å²) < 4.78 is 6.25. The summed E-state index contributed by atoms with van der Waals surface area (Å²) in [4.78, 5) is 16.1. The van der Waals surface area contributed by atoms with Crippen molar-refractivity contribution in [2.45, 2.75) is 0 Å². The first-order chi connectivity index (χ1) is 10.5. The van der Waals surface area contributed by atoms with E-state index in [9.17, 15) is 10.0 Å². The maximum Gasteiger partial charge on any atom is 0.102 e. The first-order valence-electron chi connectivity index (χ1n) is 7.33. The van der Waals surface area contributed by atoms with Crippen molar-refractivity contribution in [2.24, 2.45) is 10.2 Å². The molecule has 7 nitrogen and oxygen atoms in total. The Labute approximate surface area is 176 Å². The number of hydrogen-bond donors (Lipinski definition) is 0. The van der Waals surface area contributed by atoms with Crippen LogP contribution in [0.25, 0.3) is 0 Å². The van der Waals surface area contributed by atoms with Gasteiger partial charge in [-0.2, -0.15) is 0 Å². The van der Waals surface area contributed by atoms with Crippen molar-refractivity contribution in [3.8, 4) is 0 Å². The molecule has 2 aliphatic heterocycles. The van der Waals surface area contributed by atoms with Crippen LogP contribution in [0.5, 0.6) is 0 Å². The highest BCUT2D eigenvalue weighted by molar-refractivity contribution is 14.0. The van der Waals surface area contributed by atoms with Crippen LogP contribution in [0.2, 0.25) is 0 Å². The largest absolute Gasteiger partial charge is 0.858 e. The van der Waals surface area contributed by atoms with Gasteiger partial charge in [-0.1, -0.05) is 6.08 Å². The average molecular weight is 562 g/mol. The topological polar surface area (TPSA) is 77.3 Å². The quantitative estimate of drug-likeness (QED) is 0.167. The number of ether oxygens (including phenoxy) is 1. The van der Waals surface area contributed by atoms with Gasteiger partial charge in [0.25, 0.3) is 0 Å². The molecule has 2 rings (SSSR count).